The fourth-order valence-corrected chi connectivity index (χ4v) is 1.40. The molecule has 0 aliphatic heterocycles. The largest absolute Gasteiger partial charge is 0.469 e. The van der Waals surface area contributed by atoms with Gasteiger partial charge < -0.3 is 9.53 Å². The van der Waals surface area contributed by atoms with Crippen LogP contribution < -0.4 is 0 Å². The first-order valence-electron chi connectivity index (χ1n) is 4.52. The van der Waals surface area contributed by atoms with Crippen LogP contribution in [-0.2, 0) is 14.3 Å². The Morgan fingerprint density at radius 1 is 1.46 bits per heavy atom. The SMILES string of the molecule is CCC(CC)(C[B]C=O)C(=O)OC. The van der Waals surface area contributed by atoms with Gasteiger partial charge in [-0.3, -0.25) is 4.79 Å². The third kappa shape index (κ3) is 2.86. The first-order chi connectivity index (χ1) is 6.16. The van der Waals surface area contributed by atoms with Crippen molar-refractivity contribution in [1.29, 1.82) is 0 Å². The summed E-state index contributed by atoms with van der Waals surface area (Å²) in [5.41, 5.74) is -0.504. The van der Waals surface area contributed by atoms with E-state index in [4.69, 9.17) is 4.74 Å². The summed E-state index contributed by atoms with van der Waals surface area (Å²) in [6.07, 6.45) is 2.58. The third-order valence-corrected chi connectivity index (χ3v) is 2.58. The molecule has 0 aliphatic rings. The summed E-state index contributed by atoms with van der Waals surface area (Å²) in [6, 6.07) is 0. The van der Waals surface area contributed by atoms with Gasteiger partial charge in [0.25, 0.3) is 0 Å². The van der Waals surface area contributed by atoms with Crippen molar-refractivity contribution in [2.75, 3.05) is 7.11 Å². The summed E-state index contributed by atoms with van der Waals surface area (Å²) >= 11 is 0. The second kappa shape index (κ2) is 5.78. The standard InChI is InChI=1S/C9H16BO3/c1-4-9(5-2,6-10-7-11)8(12)13-3/h7H,4-6H2,1-3H3. The molecule has 0 aromatic heterocycles. The van der Waals surface area contributed by atoms with Crippen LogP contribution in [0.4, 0.5) is 0 Å². The van der Waals surface area contributed by atoms with E-state index >= 15 is 0 Å². The molecule has 0 bridgehead atoms. The van der Waals surface area contributed by atoms with Crippen LogP contribution in [0.25, 0.3) is 0 Å². The molecule has 0 atom stereocenters. The summed E-state index contributed by atoms with van der Waals surface area (Å²) < 4.78 is 4.72. The number of hydrogen-bond acceptors (Lipinski definition) is 3. The minimum Gasteiger partial charge on any atom is -0.469 e. The number of hydrogen-bond donors (Lipinski definition) is 0. The molecule has 0 unspecified atom stereocenters. The fourth-order valence-electron chi connectivity index (χ4n) is 1.40. The quantitative estimate of drug-likeness (QED) is 0.354. The average molecular weight is 183 g/mol. The molecule has 0 amide bonds. The summed E-state index contributed by atoms with van der Waals surface area (Å²) in [5, 5.41) is 0. The normalized spacial score (nSPS) is 10.7. The lowest BCUT2D eigenvalue weighted by Crippen LogP contribution is -2.32. The second-order valence-electron chi connectivity index (χ2n) is 3.05. The molecule has 13 heavy (non-hydrogen) atoms. The Bertz CT molecular complexity index is 176. The van der Waals surface area contributed by atoms with Gasteiger partial charge >= 0.3 is 5.97 Å². The highest BCUT2D eigenvalue weighted by Crippen LogP contribution is 2.32. The van der Waals surface area contributed by atoms with Crippen molar-refractivity contribution < 1.29 is 14.3 Å². The van der Waals surface area contributed by atoms with Gasteiger partial charge in [0, 0.05) is 0 Å². The zero-order chi connectivity index (χ0) is 10.3. The summed E-state index contributed by atoms with van der Waals surface area (Å²) in [7, 11) is 2.85. The van der Waals surface area contributed by atoms with E-state index in [0.29, 0.717) is 19.2 Å². The Morgan fingerprint density at radius 2 is 2.00 bits per heavy atom. The van der Waals surface area contributed by atoms with Crippen LogP contribution in [0, 0.1) is 5.41 Å². The number of carbonyl (C=O) groups is 2. The van der Waals surface area contributed by atoms with Crippen molar-refractivity contribution in [2.45, 2.75) is 33.0 Å². The lowest BCUT2D eigenvalue weighted by atomic mass is 9.62. The zero-order valence-electron chi connectivity index (χ0n) is 8.50. The zero-order valence-corrected chi connectivity index (χ0v) is 8.50. The van der Waals surface area contributed by atoms with Crippen LogP contribution in [0.2, 0.25) is 6.32 Å². The first kappa shape index (κ1) is 12.2. The van der Waals surface area contributed by atoms with Crippen molar-refractivity contribution >= 4 is 19.4 Å². The number of methoxy groups -OCH3 is 1. The molecule has 3 nitrogen and oxygen atoms in total. The van der Waals surface area contributed by atoms with Gasteiger partial charge in [0.05, 0.1) is 18.7 Å². The van der Waals surface area contributed by atoms with Crippen molar-refractivity contribution in [3.05, 3.63) is 0 Å². The highest BCUT2D eigenvalue weighted by Gasteiger charge is 2.35. The van der Waals surface area contributed by atoms with E-state index in [1.54, 1.807) is 0 Å². The van der Waals surface area contributed by atoms with Crippen LogP contribution in [0.5, 0.6) is 0 Å². The maximum atomic E-state index is 11.4. The first-order valence-corrected chi connectivity index (χ1v) is 4.52. The predicted molar refractivity (Wildman–Crippen MR) is 52.3 cm³/mol. The van der Waals surface area contributed by atoms with E-state index < -0.39 is 5.41 Å². The Kier molecular flexibility index (Phi) is 5.43. The van der Waals surface area contributed by atoms with Gasteiger partial charge in [-0.15, -0.1) is 0 Å². The van der Waals surface area contributed by atoms with Crippen molar-refractivity contribution in [1.82, 2.24) is 0 Å². The average Bonchev–Trinajstić information content (AvgIpc) is 2.19. The monoisotopic (exact) mass is 183 g/mol. The van der Waals surface area contributed by atoms with Crippen LogP contribution in [0.15, 0.2) is 0 Å². The smallest absolute Gasteiger partial charge is 0.311 e. The molecule has 0 saturated heterocycles. The highest BCUT2D eigenvalue weighted by atomic mass is 16.5. The molecule has 0 rings (SSSR count). The Hall–Kier alpha value is -0.795. The molecule has 4 heteroatoms. The van der Waals surface area contributed by atoms with Crippen LogP contribution in [-0.4, -0.2) is 26.5 Å². The van der Waals surface area contributed by atoms with Gasteiger partial charge in [0.15, 0.2) is 7.28 Å². The fraction of sp³-hybridized carbons (Fsp3) is 0.778. The molecular weight excluding hydrogens is 167 g/mol. The van der Waals surface area contributed by atoms with Gasteiger partial charge in [-0.05, 0) is 12.8 Å². The molecule has 0 aliphatic carbocycles. The Labute approximate surface area is 80.1 Å². The van der Waals surface area contributed by atoms with E-state index in [1.165, 1.54) is 14.4 Å². The Morgan fingerprint density at radius 3 is 2.31 bits per heavy atom. The van der Waals surface area contributed by atoms with Crippen LogP contribution >= 0.6 is 0 Å². The number of carbonyl (C=O) groups excluding carboxylic acids is 2. The van der Waals surface area contributed by atoms with Gasteiger partial charge in [-0.25, -0.2) is 0 Å². The molecule has 1 radical (unpaired) electrons. The molecular formula is C9H16BO3. The van der Waals surface area contributed by atoms with E-state index in [1.807, 2.05) is 13.8 Å². The summed E-state index contributed by atoms with van der Waals surface area (Å²) in [4.78, 5) is 21.6. The van der Waals surface area contributed by atoms with Crippen molar-refractivity contribution in [2.24, 2.45) is 5.41 Å². The van der Waals surface area contributed by atoms with Crippen LogP contribution in [0.1, 0.15) is 26.7 Å². The molecule has 0 spiro atoms. The van der Waals surface area contributed by atoms with E-state index in [2.05, 4.69) is 0 Å². The number of esters is 1. The number of ether oxygens (including phenoxy) is 1. The Balaban J connectivity index is 4.47. The molecule has 0 aromatic rings. The van der Waals surface area contributed by atoms with Crippen LogP contribution in [0.3, 0.4) is 0 Å². The minimum absolute atomic E-state index is 0.226. The van der Waals surface area contributed by atoms with Gasteiger partial charge in [-0.2, -0.15) is 0 Å². The topological polar surface area (TPSA) is 43.4 Å². The molecule has 0 saturated carbocycles. The summed E-state index contributed by atoms with van der Waals surface area (Å²) in [6.45, 7) is 3.86. The summed E-state index contributed by atoms with van der Waals surface area (Å²) in [5.74, 6) is -0.226. The molecule has 0 aromatic carbocycles. The maximum Gasteiger partial charge on any atom is 0.311 e. The second-order valence-corrected chi connectivity index (χ2v) is 3.05. The lowest BCUT2D eigenvalue weighted by molar-refractivity contribution is -0.152. The molecule has 0 fully saturated rings. The van der Waals surface area contributed by atoms with Gasteiger partial charge in [-0.1, -0.05) is 20.2 Å². The molecule has 0 N–H and O–H groups in total. The van der Waals surface area contributed by atoms with E-state index in [0.717, 1.165) is 6.19 Å². The molecule has 0 heterocycles. The van der Waals surface area contributed by atoms with Gasteiger partial charge in [0.2, 0.25) is 0 Å². The van der Waals surface area contributed by atoms with Gasteiger partial charge in [0.1, 0.15) is 0 Å². The number of rotatable bonds is 6. The van der Waals surface area contributed by atoms with Crippen molar-refractivity contribution in [3.63, 3.8) is 0 Å². The van der Waals surface area contributed by atoms with Crippen molar-refractivity contribution in [3.8, 4) is 0 Å². The van der Waals surface area contributed by atoms with E-state index in [-0.39, 0.29) is 5.97 Å². The lowest BCUT2D eigenvalue weighted by Gasteiger charge is -2.27. The molecule has 73 valence electrons. The van der Waals surface area contributed by atoms with E-state index in [9.17, 15) is 9.59 Å². The third-order valence-electron chi connectivity index (χ3n) is 2.58. The maximum absolute atomic E-state index is 11.4. The highest BCUT2D eigenvalue weighted by molar-refractivity contribution is 6.67. The minimum atomic E-state index is -0.504. The predicted octanol–water partition coefficient (Wildman–Crippen LogP) is 1.28.